The Morgan fingerprint density at radius 3 is 2.85 bits per heavy atom. The zero-order valence-electron chi connectivity index (χ0n) is 14.8. The molecule has 0 saturated heterocycles. The van der Waals surface area contributed by atoms with Gasteiger partial charge in [0, 0.05) is 36.8 Å². The summed E-state index contributed by atoms with van der Waals surface area (Å²) < 4.78 is 2.12. The smallest absolute Gasteiger partial charge is 0.251 e. The Hall–Kier alpha value is -3.15. The highest BCUT2D eigenvalue weighted by Crippen LogP contribution is 2.28. The zero-order valence-corrected chi connectivity index (χ0v) is 14.8. The van der Waals surface area contributed by atoms with Crippen LogP contribution in [0.15, 0.2) is 36.4 Å². The van der Waals surface area contributed by atoms with E-state index in [2.05, 4.69) is 28.2 Å². The van der Waals surface area contributed by atoms with Gasteiger partial charge in [-0.25, -0.2) is 4.98 Å². The van der Waals surface area contributed by atoms with Crippen LogP contribution in [0.5, 0.6) is 0 Å². The first kappa shape index (κ1) is 16.3. The van der Waals surface area contributed by atoms with Crippen molar-refractivity contribution in [3.63, 3.8) is 0 Å². The van der Waals surface area contributed by atoms with Crippen LogP contribution in [0.2, 0.25) is 0 Å². The van der Waals surface area contributed by atoms with E-state index in [1.54, 1.807) is 7.05 Å². The maximum atomic E-state index is 11.9. The van der Waals surface area contributed by atoms with Crippen LogP contribution in [0, 0.1) is 0 Å². The fourth-order valence-electron chi connectivity index (χ4n) is 3.45. The molecule has 3 aromatic rings. The predicted molar refractivity (Wildman–Crippen MR) is 101 cm³/mol. The van der Waals surface area contributed by atoms with Gasteiger partial charge in [0.25, 0.3) is 5.91 Å². The quantitative estimate of drug-likeness (QED) is 0.764. The molecule has 0 saturated carbocycles. The number of nitrogens with zero attached hydrogens (tertiary/aromatic N) is 2. The van der Waals surface area contributed by atoms with Crippen LogP contribution >= 0.6 is 0 Å². The molecule has 0 bridgehead atoms. The van der Waals surface area contributed by atoms with Crippen molar-refractivity contribution in [1.29, 1.82) is 0 Å². The molecule has 0 unspecified atom stereocenters. The number of amides is 2. The summed E-state index contributed by atoms with van der Waals surface area (Å²) in [5.41, 5.74) is 5.40. The molecule has 2 heterocycles. The molecular formula is C20H20N4O2. The van der Waals surface area contributed by atoms with Crippen LogP contribution in [-0.4, -0.2) is 28.4 Å². The number of rotatable bonds is 3. The number of aromatic nitrogens is 2. The second-order valence-electron chi connectivity index (χ2n) is 6.39. The number of hydrogen-bond acceptors (Lipinski definition) is 3. The second kappa shape index (κ2) is 6.29. The summed E-state index contributed by atoms with van der Waals surface area (Å²) in [6.07, 6.45) is 2.03. The lowest BCUT2D eigenvalue weighted by Crippen LogP contribution is -2.19. The molecule has 6 nitrogen and oxygen atoms in total. The van der Waals surface area contributed by atoms with Crippen molar-refractivity contribution in [3.8, 4) is 5.69 Å². The number of benzene rings is 2. The van der Waals surface area contributed by atoms with E-state index in [1.807, 2.05) is 30.3 Å². The van der Waals surface area contributed by atoms with Crippen molar-refractivity contribution in [2.75, 3.05) is 12.4 Å². The predicted octanol–water partition coefficient (Wildman–Crippen LogP) is 2.83. The second-order valence-corrected chi connectivity index (χ2v) is 6.39. The molecule has 6 heteroatoms. The fourth-order valence-corrected chi connectivity index (χ4v) is 3.45. The SMILES string of the molecule is CCc1nc2cc(C(=O)NC)ccc2n1-c1ccc2c(c1)CCC(=O)N2. The summed E-state index contributed by atoms with van der Waals surface area (Å²) in [7, 11) is 1.62. The lowest BCUT2D eigenvalue weighted by molar-refractivity contribution is -0.116. The Morgan fingerprint density at radius 2 is 2.08 bits per heavy atom. The topological polar surface area (TPSA) is 76.0 Å². The third kappa shape index (κ3) is 2.63. The van der Waals surface area contributed by atoms with Gasteiger partial charge in [-0.15, -0.1) is 0 Å². The number of hydrogen-bond donors (Lipinski definition) is 2. The number of fused-ring (bicyclic) bond motifs is 2. The zero-order chi connectivity index (χ0) is 18.3. The molecule has 132 valence electrons. The van der Waals surface area contributed by atoms with Gasteiger partial charge in [0.2, 0.25) is 5.91 Å². The average Bonchev–Trinajstić information content (AvgIpc) is 3.04. The van der Waals surface area contributed by atoms with Gasteiger partial charge in [0.15, 0.2) is 0 Å². The molecule has 2 aromatic carbocycles. The van der Waals surface area contributed by atoms with E-state index in [-0.39, 0.29) is 11.8 Å². The lowest BCUT2D eigenvalue weighted by atomic mass is 10.0. The van der Waals surface area contributed by atoms with E-state index in [9.17, 15) is 9.59 Å². The summed E-state index contributed by atoms with van der Waals surface area (Å²) in [5.74, 6) is 0.882. The van der Waals surface area contributed by atoms with Crippen LogP contribution in [-0.2, 0) is 17.6 Å². The Morgan fingerprint density at radius 1 is 1.23 bits per heavy atom. The lowest BCUT2D eigenvalue weighted by Gasteiger charge is -2.18. The van der Waals surface area contributed by atoms with Crippen molar-refractivity contribution in [2.45, 2.75) is 26.2 Å². The fraction of sp³-hybridized carbons (Fsp3) is 0.250. The van der Waals surface area contributed by atoms with Crippen LogP contribution in [0.1, 0.15) is 35.1 Å². The number of anilines is 1. The van der Waals surface area contributed by atoms with Gasteiger partial charge in [0.1, 0.15) is 5.82 Å². The molecule has 2 amide bonds. The van der Waals surface area contributed by atoms with Crippen molar-refractivity contribution in [3.05, 3.63) is 53.3 Å². The molecule has 4 rings (SSSR count). The highest BCUT2D eigenvalue weighted by molar-refractivity contribution is 5.97. The first-order valence-corrected chi connectivity index (χ1v) is 8.77. The Bertz CT molecular complexity index is 1040. The molecule has 0 radical (unpaired) electrons. The molecule has 1 aliphatic heterocycles. The van der Waals surface area contributed by atoms with Crippen LogP contribution in [0.4, 0.5) is 5.69 Å². The van der Waals surface area contributed by atoms with Crippen LogP contribution in [0.25, 0.3) is 16.7 Å². The van der Waals surface area contributed by atoms with Gasteiger partial charge in [-0.05, 0) is 48.4 Å². The third-order valence-electron chi connectivity index (χ3n) is 4.77. The largest absolute Gasteiger partial charge is 0.355 e. The summed E-state index contributed by atoms with van der Waals surface area (Å²) >= 11 is 0. The van der Waals surface area contributed by atoms with E-state index in [0.717, 1.165) is 46.6 Å². The van der Waals surface area contributed by atoms with E-state index >= 15 is 0 Å². The minimum Gasteiger partial charge on any atom is -0.355 e. The maximum absolute atomic E-state index is 11.9. The summed E-state index contributed by atoms with van der Waals surface area (Å²) in [6, 6.07) is 11.6. The first-order chi connectivity index (χ1) is 12.6. The van der Waals surface area contributed by atoms with Gasteiger partial charge >= 0.3 is 0 Å². The van der Waals surface area contributed by atoms with Crippen molar-refractivity contribution >= 4 is 28.5 Å². The molecule has 1 aromatic heterocycles. The van der Waals surface area contributed by atoms with Crippen LogP contribution < -0.4 is 10.6 Å². The normalized spacial score (nSPS) is 13.4. The molecule has 2 N–H and O–H groups in total. The highest BCUT2D eigenvalue weighted by atomic mass is 16.2. The van der Waals surface area contributed by atoms with Gasteiger partial charge in [0.05, 0.1) is 11.0 Å². The van der Waals surface area contributed by atoms with Gasteiger partial charge in [-0.2, -0.15) is 0 Å². The van der Waals surface area contributed by atoms with Crippen LogP contribution in [0.3, 0.4) is 0 Å². The molecule has 0 atom stereocenters. The number of carbonyl (C=O) groups is 2. The van der Waals surface area contributed by atoms with Crippen molar-refractivity contribution in [1.82, 2.24) is 14.9 Å². The van der Waals surface area contributed by atoms with Gasteiger partial charge in [-0.3, -0.25) is 14.2 Å². The molecular weight excluding hydrogens is 328 g/mol. The van der Waals surface area contributed by atoms with Gasteiger partial charge in [-0.1, -0.05) is 6.92 Å². The van der Waals surface area contributed by atoms with Crippen molar-refractivity contribution in [2.24, 2.45) is 0 Å². The first-order valence-electron chi connectivity index (χ1n) is 8.77. The minimum absolute atomic E-state index is 0.0642. The summed E-state index contributed by atoms with van der Waals surface area (Å²) in [6.45, 7) is 2.07. The average molecular weight is 348 g/mol. The van der Waals surface area contributed by atoms with Crippen molar-refractivity contribution < 1.29 is 9.59 Å². The Labute approximate surface area is 151 Å². The molecule has 1 aliphatic rings. The minimum atomic E-state index is -0.121. The number of nitrogens with one attached hydrogen (secondary N) is 2. The molecule has 0 fully saturated rings. The third-order valence-corrected chi connectivity index (χ3v) is 4.77. The molecule has 26 heavy (non-hydrogen) atoms. The van der Waals surface area contributed by atoms with E-state index < -0.39 is 0 Å². The van der Waals surface area contributed by atoms with Gasteiger partial charge < -0.3 is 10.6 Å². The number of carbonyl (C=O) groups excluding carboxylic acids is 2. The monoisotopic (exact) mass is 348 g/mol. The maximum Gasteiger partial charge on any atom is 0.251 e. The molecule has 0 aliphatic carbocycles. The molecule has 0 spiro atoms. The Kier molecular flexibility index (Phi) is 3.95. The highest BCUT2D eigenvalue weighted by Gasteiger charge is 2.18. The summed E-state index contributed by atoms with van der Waals surface area (Å²) in [4.78, 5) is 28.2. The number of aryl methyl sites for hydroxylation is 2. The van der Waals surface area contributed by atoms with E-state index in [1.165, 1.54) is 0 Å². The number of imidazole rings is 1. The summed E-state index contributed by atoms with van der Waals surface area (Å²) in [5, 5.41) is 5.56. The standard InChI is InChI=1S/C20H20N4O2/c1-3-18-22-16-11-13(20(26)21-2)4-8-17(16)24(18)14-6-7-15-12(10-14)5-9-19(25)23-15/h4,6-8,10-11H,3,5,9H2,1-2H3,(H,21,26)(H,23,25). The Balaban J connectivity index is 1.85. The van der Waals surface area contributed by atoms with E-state index in [4.69, 9.17) is 4.98 Å². The van der Waals surface area contributed by atoms with E-state index in [0.29, 0.717) is 12.0 Å².